The average molecular weight is 342 g/mol. The first-order chi connectivity index (χ1) is 12.0. The number of para-hydroxylation sites is 1. The highest BCUT2D eigenvalue weighted by Gasteiger charge is 2.28. The maximum Gasteiger partial charge on any atom is 0.260 e. The van der Waals surface area contributed by atoms with E-state index in [0.29, 0.717) is 13.1 Å². The Morgan fingerprint density at radius 2 is 1.88 bits per heavy atom. The molecule has 0 radical (unpaired) electrons. The summed E-state index contributed by atoms with van der Waals surface area (Å²) >= 11 is 0. The summed E-state index contributed by atoms with van der Waals surface area (Å²) in [7, 11) is 2.03. The molecule has 1 fully saturated rings. The van der Waals surface area contributed by atoms with Gasteiger partial charge in [0, 0.05) is 19.6 Å². The van der Waals surface area contributed by atoms with Crippen LogP contribution in [0.15, 0.2) is 48.5 Å². The van der Waals surface area contributed by atoms with Gasteiger partial charge in [0.2, 0.25) is 0 Å². The normalized spacial score (nSPS) is 18.2. The Balaban J connectivity index is 1.63. The van der Waals surface area contributed by atoms with Crippen molar-refractivity contribution in [1.29, 1.82) is 0 Å². The molecule has 0 bridgehead atoms. The maximum atomic E-state index is 13.2. The van der Waals surface area contributed by atoms with E-state index in [1.165, 1.54) is 12.1 Å². The molecule has 4 nitrogen and oxygen atoms in total. The topological polar surface area (TPSA) is 32.8 Å². The molecule has 1 heterocycles. The highest BCUT2D eigenvalue weighted by Crippen LogP contribution is 2.24. The zero-order valence-corrected chi connectivity index (χ0v) is 14.6. The number of amides is 1. The van der Waals surface area contributed by atoms with Gasteiger partial charge in [-0.15, -0.1) is 0 Å². The minimum atomic E-state index is -0.248. The van der Waals surface area contributed by atoms with Crippen molar-refractivity contribution in [3.63, 3.8) is 0 Å². The number of likely N-dealkylation sites (N-methyl/N-ethyl adjacent to an activating group) is 1. The molecule has 2 aromatic carbocycles. The number of nitrogens with zero attached hydrogens (tertiary/aromatic N) is 2. The summed E-state index contributed by atoms with van der Waals surface area (Å²) in [5.74, 6) is 0.463. The van der Waals surface area contributed by atoms with Crippen LogP contribution in [0.4, 0.5) is 4.39 Å². The van der Waals surface area contributed by atoms with Crippen molar-refractivity contribution in [2.24, 2.45) is 0 Å². The van der Waals surface area contributed by atoms with Crippen molar-refractivity contribution in [3.05, 3.63) is 65.5 Å². The lowest BCUT2D eigenvalue weighted by atomic mass is 10.0. The number of aryl methyl sites for hydroxylation is 1. The zero-order valence-electron chi connectivity index (χ0n) is 14.6. The molecule has 0 N–H and O–H groups in total. The van der Waals surface area contributed by atoms with Gasteiger partial charge in [0.25, 0.3) is 5.91 Å². The van der Waals surface area contributed by atoms with Gasteiger partial charge in [0.15, 0.2) is 6.61 Å². The Morgan fingerprint density at radius 1 is 1.16 bits per heavy atom. The summed E-state index contributed by atoms with van der Waals surface area (Å²) in [6.45, 7) is 4.02. The van der Waals surface area contributed by atoms with Crippen molar-refractivity contribution in [1.82, 2.24) is 9.80 Å². The number of hydrogen-bond donors (Lipinski definition) is 0. The van der Waals surface area contributed by atoms with Crippen LogP contribution in [0, 0.1) is 12.7 Å². The van der Waals surface area contributed by atoms with Crippen molar-refractivity contribution < 1.29 is 13.9 Å². The van der Waals surface area contributed by atoms with Crippen LogP contribution in [0.1, 0.15) is 17.2 Å². The third kappa shape index (κ3) is 4.17. The second-order valence-electron chi connectivity index (χ2n) is 6.44. The molecule has 1 aliphatic heterocycles. The fraction of sp³-hybridized carbons (Fsp3) is 0.350. The number of carbonyl (C=O) groups is 1. The maximum absolute atomic E-state index is 13.2. The molecule has 1 unspecified atom stereocenters. The molecule has 0 saturated carbocycles. The van der Waals surface area contributed by atoms with Gasteiger partial charge in [-0.05, 0) is 43.3 Å². The summed E-state index contributed by atoms with van der Waals surface area (Å²) in [6.07, 6.45) is 0. The van der Waals surface area contributed by atoms with E-state index in [0.717, 1.165) is 23.4 Å². The molecule has 5 heteroatoms. The van der Waals surface area contributed by atoms with Gasteiger partial charge >= 0.3 is 0 Å². The molecule has 1 saturated heterocycles. The van der Waals surface area contributed by atoms with Gasteiger partial charge in [0.1, 0.15) is 11.6 Å². The molecule has 25 heavy (non-hydrogen) atoms. The highest BCUT2D eigenvalue weighted by molar-refractivity contribution is 5.78. The molecule has 1 amide bonds. The summed E-state index contributed by atoms with van der Waals surface area (Å²) in [5, 5.41) is 0. The van der Waals surface area contributed by atoms with E-state index in [-0.39, 0.29) is 24.4 Å². The first kappa shape index (κ1) is 17.4. The van der Waals surface area contributed by atoms with Crippen LogP contribution in [0.5, 0.6) is 5.75 Å². The van der Waals surface area contributed by atoms with E-state index >= 15 is 0 Å². The number of halogens is 1. The van der Waals surface area contributed by atoms with Gasteiger partial charge < -0.3 is 9.64 Å². The van der Waals surface area contributed by atoms with E-state index in [4.69, 9.17) is 4.74 Å². The summed E-state index contributed by atoms with van der Waals surface area (Å²) < 4.78 is 18.8. The molecule has 0 spiro atoms. The van der Waals surface area contributed by atoms with Crippen LogP contribution in [0.3, 0.4) is 0 Å². The van der Waals surface area contributed by atoms with Crippen molar-refractivity contribution in [2.45, 2.75) is 13.0 Å². The second kappa shape index (κ2) is 7.66. The van der Waals surface area contributed by atoms with Crippen LogP contribution >= 0.6 is 0 Å². The predicted molar refractivity (Wildman–Crippen MR) is 95.0 cm³/mol. The molecular formula is C20H23FN2O2. The third-order valence-electron chi connectivity index (χ3n) is 4.70. The fourth-order valence-electron chi connectivity index (χ4n) is 3.09. The van der Waals surface area contributed by atoms with Gasteiger partial charge in [-0.1, -0.05) is 30.3 Å². The first-order valence-electron chi connectivity index (χ1n) is 8.46. The largest absolute Gasteiger partial charge is 0.484 e. The van der Waals surface area contributed by atoms with Crippen LogP contribution < -0.4 is 4.74 Å². The van der Waals surface area contributed by atoms with Gasteiger partial charge in [0.05, 0.1) is 6.04 Å². The van der Waals surface area contributed by atoms with Crippen molar-refractivity contribution in [3.8, 4) is 5.75 Å². The Hall–Kier alpha value is -2.40. The molecule has 2 aromatic rings. The van der Waals surface area contributed by atoms with Crippen LogP contribution in [0.25, 0.3) is 0 Å². The van der Waals surface area contributed by atoms with E-state index in [2.05, 4.69) is 4.90 Å². The number of piperazine rings is 1. The summed E-state index contributed by atoms with van der Waals surface area (Å²) in [6, 6.07) is 14.2. The Bertz CT molecular complexity index is 733. The van der Waals surface area contributed by atoms with E-state index in [1.54, 1.807) is 12.1 Å². The second-order valence-corrected chi connectivity index (χ2v) is 6.44. The molecular weight excluding hydrogens is 319 g/mol. The van der Waals surface area contributed by atoms with E-state index in [1.807, 2.05) is 43.1 Å². The quantitative estimate of drug-likeness (QED) is 0.856. The highest BCUT2D eigenvalue weighted by atomic mass is 19.1. The van der Waals surface area contributed by atoms with Gasteiger partial charge in [-0.2, -0.15) is 0 Å². The van der Waals surface area contributed by atoms with E-state index in [9.17, 15) is 9.18 Å². The minimum absolute atomic E-state index is 0.0246. The Kier molecular flexibility index (Phi) is 5.34. The van der Waals surface area contributed by atoms with Gasteiger partial charge in [-0.3, -0.25) is 9.69 Å². The predicted octanol–water partition coefficient (Wildman–Crippen LogP) is 3.03. The zero-order chi connectivity index (χ0) is 17.8. The van der Waals surface area contributed by atoms with Crippen LogP contribution in [-0.2, 0) is 4.79 Å². The fourth-order valence-corrected chi connectivity index (χ4v) is 3.09. The lowest BCUT2D eigenvalue weighted by Crippen LogP contribution is -2.50. The lowest BCUT2D eigenvalue weighted by molar-refractivity contribution is -0.136. The molecule has 1 aliphatic rings. The Morgan fingerprint density at radius 3 is 2.60 bits per heavy atom. The third-order valence-corrected chi connectivity index (χ3v) is 4.70. The number of hydrogen-bond acceptors (Lipinski definition) is 3. The van der Waals surface area contributed by atoms with E-state index < -0.39 is 0 Å². The molecule has 0 aromatic heterocycles. The molecule has 3 rings (SSSR count). The van der Waals surface area contributed by atoms with Crippen LogP contribution in [0.2, 0.25) is 0 Å². The number of rotatable bonds is 4. The first-order valence-corrected chi connectivity index (χ1v) is 8.46. The monoisotopic (exact) mass is 342 g/mol. The molecule has 0 aliphatic carbocycles. The molecule has 1 atom stereocenters. The molecule has 132 valence electrons. The average Bonchev–Trinajstić information content (AvgIpc) is 2.62. The lowest BCUT2D eigenvalue weighted by Gasteiger charge is -2.39. The summed E-state index contributed by atoms with van der Waals surface area (Å²) in [4.78, 5) is 16.6. The standard InChI is InChI=1S/C20H23FN2O2/c1-15-5-3-4-6-19(15)25-14-20(24)23-12-11-22(2)18(13-23)16-7-9-17(21)10-8-16/h3-10,18H,11-14H2,1-2H3. The van der Waals surface area contributed by atoms with Crippen LogP contribution in [-0.4, -0.2) is 49.0 Å². The summed E-state index contributed by atoms with van der Waals surface area (Å²) in [5.41, 5.74) is 2.03. The smallest absolute Gasteiger partial charge is 0.260 e. The van der Waals surface area contributed by atoms with Gasteiger partial charge in [-0.25, -0.2) is 4.39 Å². The number of benzene rings is 2. The number of ether oxygens (including phenoxy) is 1. The van der Waals surface area contributed by atoms with Crippen molar-refractivity contribution >= 4 is 5.91 Å². The number of carbonyl (C=O) groups excluding carboxylic acids is 1. The SMILES string of the molecule is Cc1ccccc1OCC(=O)N1CCN(C)C(c2ccc(F)cc2)C1. The van der Waals surface area contributed by atoms with Crippen molar-refractivity contribution in [2.75, 3.05) is 33.3 Å². The Labute approximate surface area is 147 Å². The minimum Gasteiger partial charge on any atom is -0.484 e.